The molecule has 3 aromatic carbocycles. The fraction of sp³-hybridized carbons (Fsp3) is 0.386. The van der Waals surface area contributed by atoms with Crippen molar-refractivity contribution in [3.8, 4) is 33.8 Å². The van der Waals surface area contributed by atoms with E-state index in [9.17, 15) is 0 Å². The highest BCUT2D eigenvalue weighted by Crippen LogP contribution is 2.28. The standard InChI is InChI=1S/C17H24N2.C14H18N2.C13H16N2/c1-12(2)16-11-15(18-19(16)17(4,5)6)14-9-7-13(3)8-10-14;1-10(2)14-9-13(15-16(14)4)12-7-5-11(3)6-8-12;1-9(2)12-8-13(15-14-12)11-6-4-10(3)5-7-11/h7-12H,1-6H3;5-10H,1-4H3;4-9H,1-3H3,(H,14,15). The van der Waals surface area contributed by atoms with Gasteiger partial charge in [0.25, 0.3) is 0 Å². The van der Waals surface area contributed by atoms with Gasteiger partial charge in [0, 0.05) is 40.8 Å². The zero-order valence-corrected chi connectivity index (χ0v) is 32.6. The highest BCUT2D eigenvalue weighted by Gasteiger charge is 2.21. The Labute approximate surface area is 301 Å². The van der Waals surface area contributed by atoms with E-state index in [4.69, 9.17) is 5.10 Å². The molecule has 50 heavy (non-hydrogen) atoms. The Morgan fingerprint density at radius 1 is 0.520 bits per heavy atom. The summed E-state index contributed by atoms with van der Waals surface area (Å²) in [6.45, 7) is 26.0. The van der Waals surface area contributed by atoms with Crippen LogP contribution in [0.4, 0.5) is 0 Å². The number of hydrogen-bond acceptors (Lipinski definition) is 3. The van der Waals surface area contributed by atoms with E-state index >= 15 is 0 Å². The van der Waals surface area contributed by atoms with Crippen LogP contribution in [0.1, 0.15) is 114 Å². The van der Waals surface area contributed by atoms with Crippen LogP contribution in [0, 0.1) is 20.8 Å². The lowest BCUT2D eigenvalue weighted by Crippen LogP contribution is -2.25. The topological polar surface area (TPSA) is 64.3 Å². The van der Waals surface area contributed by atoms with Crippen LogP contribution in [0.5, 0.6) is 0 Å². The summed E-state index contributed by atoms with van der Waals surface area (Å²) >= 11 is 0. The first-order chi connectivity index (χ1) is 23.5. The first-order valence-electron chi connectivity index (χ1n) is 17.9. The zero-order chi connectivity index (χ0) is 36.7. The Balaban J connectivity index is 0.000000170. The number of H-pyrrole nitrogens is 1. The quantitative estimate of drug-likeness (QED) is 0.192. The van der Waals surface area contributed by atoms with Crippen molar-refractivity contribution in [2.45, 2.75) is 106 Å². The van der Waals surface area contributed by atoms with Gasteiger partial charge in [-0.25, -0.2) is 0 Å². The lowest BCUT2D eigenvalue weighted by molar-refractivity contribution is 0.339. The van der Waals surface area contributed by atoms with Crippen LogP contribution in [-0.4, -0.2) is 29.8 Å². The SMILES string of the molecule is Cc1ccc(-c2cc(C(C)C)[nH]n2)cc1.Cc1ccc(-c2cc(C(C)C)n(C(C)(C)C)n2)cc1.Cc1ccc(-c2cc(C(C)C)n(C)n2)cc1. The highest BCUT2D eigenvalue weighted by atomic mass is 15.3. The largest absolute Gasteiger partial charge is 0.282 e. The molecule has 0 atom stereocenters. The van der Waals surface area contributed by atoms with Crippen molar-refractivity contribution < 1.29 is 0 Å². The van der Waals surface area contributed by atoms with E-state index in [0.29, 0.717) is 17.8 Å². The van der Waals surface area contributed by atoms with Crippen molar-refractivity contribution in [1.29, 1.82) is 0 Å². The van der Waals surface area contributed by atoms with Gasteiger partial charge in [-0.1, -0.05) is 131 Å². The molecule has 0 spiro atoms. The smallest absolute Gasteiger partial charge is 0.0926 e. The number of nitrogens with zero attached hydrogens (tertiary/aromatic N) is 5. The van der Waals surface area contributed by atoms with E-state index in [2.05, 4.69) is 194 Å². The summed E-state index contributed by atoms with van der Waals surface area (Å²) in [5, 5.41) is 16.7. The summed E-state index contributed by atoms with van der Waals surface area (Å²) in [6.07, 6.45) is 0. The second-order valence-electron chi connectivity index (χ2n) is 15.4. The van der Waals surface area contributed by atoms with Crippen molar-refractivity contribution in [2.75, 3.05) is 0 Å². The molecule has 0 aliphatic carbocycles. The van der Waals surface area contributed by atoms with Crippen molar-refractivity contribution in [3.05, 3.63) is 125 Å². The lowest BCUT2D eigenvalue weighted by Gasteiger charge is -2.23. The molecule has 264 valence electrons. The number of aromatic amines is 1. The fourth-order valence-electron chi connectivity index (χ4n) is 5.60. The molecule has 6 rings (SSSR count). The molecule has 0 aliphatic heterocycles. The first kappa shape index (κ1) is 38.1. The van der Waals surface area contributed by atoms with Crippen molar-refractivity contribution in [2.24, 2.45) is 7.05 Å². The van der Waals surface area contributed by atoms with Crippen LogP contribution < -0.4 is 0 Å². The van der Waals surface area contributed by atoms with E-state index in [1.165, 1.54) is 50.5 Å². The minimum absolute atomic E-state index is 0.0164. The summed E-state index contributed by atoms with van der Waals surface area (Å²) < 4.78 is 4.13. The van der Waals surface area contributed by atoms with Crippen LogP contribution in [0.25, 0.3) is 33.8 Å². The highest BCUT2D eigenvalue weighted by molar-refractivity contribution is 5.61. The Morgan fingerprint density at radius 2 is 0.920 bits per heavy atom. The molecular weight excluding hydrogens is 613 g/mol. The second-order valence-corrected chi connectivity index (χ2v) is 15.4. The molecule has 0 radical (unpaired) electrons. The van der Waals surface area contributed by atoms with Gasteiger partial charge in [0.2, 0.25) is 0 Å². The molecule has 1 N–H and O–H groups in total. The summed E-state index contributed by atoms with van der Waals surface area (Å²) in [5.74, 6) is 1.49. The molecule has 0 amide bonds. The van der Waals surface area contributed by atoms with Crippen molar-refractivity contribution >= 4 is 0 Å². The molecule has 0 fully saturated rings. The van der Waals surface area contributed by atoms with Crippen LogP contribution in [0.3, 0.4) is 0 Å². The van der Waals surface area contributed by atoms with Gasteiger partial charge in [-0.2, -0.15) is 15.3 Å². The third-order valence-electron chi connectivity index (χ3n) is 8.73. The molecular formula is C44H58N6. The second kappa shape index (κ2) is 16.3. The van der Waals surface area contributed by atoms with E-state index in [1.807, 2.05) is 11.7 Å². The van der Waals surface area contributed by atoms with Crippen molar-refractivity contribution in [3.63, 3.8) is 0 Å². The van der Waals surface area contributed by atoms with E-state index < -0.39 is 0 Å². The molecule has 6 heteroatoms. The molecule has 3 aromatic heterocycles. The van der Waals surface area contributed by atoms with Gasteiger partial charge in [-0.05, 0) is 77.5 Å². The van der Waals surface area contributed by atoms with Crippen LogP contribution >= 0.6 is 0 Å². The monoisotopic (exact) mass is 670 g/mol. The molecule has 0 saturated heterocycles. The Hall–Kier alpha value is -4.71. The number of benzene rings is 3. The third-order valence-corrected chi connectivity index (χ3v) is 8.73. The zero-order valence-electron chi connectivity index (χ0n) is 32.6. The minimum atomic E-state index is 0.0164. The van der Waals surface area contributed by atoms with Crippen molar-refractivity contribution in [1.82, 2.24) is 29.8 Å². The maximum Gasteiger partial charge on any atom is 0.0926 e. The maximum absolute atomic E-state index is 4.82. The first-order valence-corrected chi connectivity index (χ1v) is 17.9. The molecule has 6 nitrogen and oxygen atoms in total. The Morgan fingerprint density at radius 3 is 1.26 bits per heavy atom. The average molecular weight is 671 g/mol. The normalized spacial score (nSPS) is 11.4. The van der Waals surface area contributed by atoms with Gasteiger partial charge in [-0.3, -0.25) is 14.5 Å². The van der Waals surface area contributed by atoms with E-state index in [0.717, 1.165) is 17.1 Å². The predicted octanol–water partition coefficient (Wildman–Crippen LogP) is 11.8. The predicted molar refractivity (Wildman–Crippen MR) is 212 cm³/mol. The number of nitrogens with one attached hydrogen (secondary N) is 1. The molecule has 0 aliphatic rings. The molecule has 0 unspecified atom stereocenters. The van der Waals surface area contributed by atoms with Gasteiger partial charge >= 0.3 is 0 Å². The number of hydrogen-bond donors (Lipinski definition) is 1. The minimum Gasteiger partial charge on any atom is -0.282 e. The average Bonchev–Trinajstić information content (AvgIpc) is 3.82. The molecule has 3 heterocycles. The molecule has 0 bridgehead atoms. The summed E-state index contributed by atoms with van der Waals surface area (Å²) in [4.78, 5) is 0. The van der Waals surface area contributed by atoms with Gasteiger partial charge in [0.15, 0.2) is 0 Å². The Kier molecular flexibility index (Phi) is 12.4. The fourth-order valence-corrected chi connectivity index (χ4v) is 5.60. The van der Waals surface area contributed by atoms with E-state index in [1.54, 1.807) is 0 Å². The summed E-state index contributed by atoms with van der Waals surface area (Å²) in [5.41, 5.74) is 14.3. The Bertz CT molecular complexity index is 1920. The van der Waals surface area contributed by atoms with Gasteiger partial charge in [0.1, 0.15) is 0 Å². The van der Waals surface area contributed by atoms with Crippen LogP contribution in [-0.2, 0) is 12.6 Å². The van der Waals surface area contributed by atoms with Gasteiger partial charge in [0.05, 0.1) is 22.6 Å². The van der Waals surface area contributed by atoms with E-state index in [-0.39, 0.29) is 5.54 Å². The summed E-state index contributed by atoms with van der Waals surface area (Å²) in [6, 6.07) is 32.0. The number of rotatable bonds is 6. The third kappa shape index (κ3) is 9.93. The molecule has 6 aromatic rings. The lowest BCUT2D eigenvalue weighted by atomic mass is 10.0. The van der Waals surface area contributed by atoms with Gasteiger partial charge < -0.3 is 0 Å². The number of aromatic nitrogens is 6. The number of aryl methyl sites for hydroxylation is 4. The van der Waals surface area contributed by atoms with Gasteiger partial charge in [-0.15, -0.1) is 0 Å². The van der Waals surface area contributed by atoms with Crippen LogP contribution in [0.2, 0.25) is 0 Å². The van der Waals surface area contributed by atoms with Crippen LogP contribution in [0.15, 0.2) is 91.0 Å². The summed E-state index contributed by atoms with van der Waals surface area (Å²) in [7, 11) is 2.01. The molecule has 0 saturated carbocycles. The maximum atomic E-state index is 4.82.